The van der Waals surface area contributed by atoms with Crippen molar-refractivity contribution in [2.45, 2.75) is 83.8 Å². The van der Waals surface area contributed by atoms with E-state index in [9.17, 15) is 5.11 Å². The molecule has 0 bridgehead atoms. The van der Waals surface area contributed by atoms with Crippen LogP contribution in [-0.2, 0) is 0 Å². The summed E-state index contributed by atoms with van der Waals surface area (Å²) in [5, 5.41) is 14.7. The van der Waals surface area contributed by atoms with Crippen LogP contribution in [0.2, 0.25) is 0 Å². The standard InChI is InChI=1S/C16H31NO/c1-4-13-6-11-17-14(12-13)16(18)8-5-7-15(2,3)9-10-16/h13-14,17-18H,4-12H2,1-3H3. The zero-order valence-electron chi connectivity index (χ0n) is 12.5. The first kappa shape index (κ1) is 14.3. The van der Waals surface area contributed by atoms with Crippen molar-refractivity contribution in [3.63, 3.8) is 0 Å². The van der Waals surface area contributed by atoms with Crippen molar-refractivity contribution in [2.24, 2.45) is 11.3 Å². The fourth-order valence-corrected chi connectivity index (χ4v) is 3.80. The van der Waals surface area contributed by atoms with E-state index in [0.29, 0.717) is 11.5 Å². The van der Waals surface area contributed by atoms with Crippen LogP contribution in [0.3, 0.4) is 0 Å². The number of nitrogens with one attached hydrogen (secondary N) is 1. The van der Waals surface area contributed by atoms with Gasteiger partial charge in [0.25, 0.3) is 0 Å². The van der Waals surface area contributed by atoms with Crippen LogP contribution in [-0.4, -0.2) is 23.3 Å². The molecule has 1 aliphatic carbocycles. The lowest BCUT2D eigenvalue weighted by molar-refractivity contribution is -0.0293. The summed E-state index contributed by atoms with van der Waals surface area (Å²) < 4.78 is 0. The maximum Gasteiger partial charge on any atom is 0.0800 e. The van der Waals surface area contributed by atoms with Crippen molar-refractivity contribution in [3.05, 3.63) is 0 Å². The predicted octanol–water partition coefficient (Wildman–Crippen LogP) is 3.49. The van der Waals surface area contributed by atoms with Gasteiger partial charge < -0.3 is 10.4 Å². The number of aliphatic hydroxyl groups is 1. The minimum Gasteiger partial charge on any atom is -0.388 e. The maximum absolute atomic E-state index is 11.1. The second kappa shape index (κ2) is 5.50. The summed E-state index contributed by atoms with van der Waals surface area (Å²) in [6.07, 6.45) is 9.30. The van der Waals surface area contributed by atoms with Crippen LogP contribution >= 0.6 is 0 Å². The van der Waals surface area contributed by atoms with Gasteiger partial charge in [-0.1, -0.05) is 33.6 Å². The van der Waals surface area contributed by atoms with E-state index in [1.54, 1.807) is 0 Å². The molecule has 2 rings (SSSR count). The summed E-state index contributed by atoms with van der Waals surface area (Å²) in [4.78, 5) is 0. The summed E-state index contributed by atoms with van der Waals surface area (Å²) in [7, 11) is 0. The highest BCUT2D eigenvalue weighted by molar-refractivity contribution is 4.97. The molecule has 1 saturated heterocycles. The second-order valence-electron chi connectivity index (χ2n) is 7.43. The molecule has 2 heteroatoms. The molecule has 3 unspecified atom stereocenters. The third-order valence-electron chi connectivity index (χ3n) is 5.44. The Hall–Kier alpha value is -0.0800. The van der Waals surface area contributed by atoms with Gasteiger partial charge in [-0.2, -0.15) is 0 Å². The molecule has 0 aromatic rings. The van der Waals surface area contributed by atoms with Gasteiger partial charge in [-0.25, -0.2) is 0 Å². The van der Waals surface area contributed by atoms with E-state index < -0.39 is 5.60 Å². The number of rotatable bonds is 2. The van der Waals surface area contributed by atoms with Crippen molar-refractivity contribution >= 4 is 0 Å². The normalized spacial score (nSPS) is 41.3. The first-order valence-electron chi connectivity index (χ1n) is 7.91. The fourth-order valence-electron chi connectivity index (χ4n) is 3.80. The molecule has 3 atom stereocenters. The Bertz CT molecular complexity index is 276. The van der Waals surface area contributed by atoms with E-state index in [4.69, 9.17) is 0 Å². The van der Waals surface area contributed by atoms with Crippen LogP contribution in [0.15, 0.2) is 0 Å². The summed E-state index contributed by atoms with van der Waals surface area (Å²) >= 11 is 0. The molecule has 2 nitrogen and oxygen atoms in total. The van der Waals surface area contributed by atoms with Gasteiger partial charge in [0.15, 0.2) is 0 Å². The molecule has 0 aromatic heterocycles. The van der Waals surface area contributed by atoms with Crippen molar-refractivity contribution in [2.75, 3.05) is 6.54 Å². The largest absolute Gasteiger partial charge is 0.388 e. The van der Waals surface area contributed by atoms with Gasteiger partial charge in [-0.3, -0.25) is 0 Å². The van der Waals surface area contributed by atoms with Gasteiger partial charge >= 0.3 is 0 Å². The van der Waals surface area contributed by atoms with Crippen LogP contribution < -0.4 is 5.32 Å². The van der Waals surface area contributed by atoms with E-state index in [1.165, 1.54) is 38.5 Å². The number of hydrogen-bond donors (Lipinski definition) is 2. The maximum atomic E-state index is 11.1. The molecule has 0 amide bonds. The van der Waals surface area contributed by atoms with E-state index >= 15 is 0 Å². The second-order valence-corrected chi connectivity index (χ2v) is 7.43. The minimum atomic E-state index is -0.443. The first-order valence-corrected chi connectivity index (χ1v) is 7.91. The average molecular weight is 253 g/mol. The highest BCUT2D eigenvalue weighted by Gasteiger charge is 2.41. The molecule has 0 aromatic carbocycles. The third-order valence-corrected chi connectivity index (χ3v) is 5.44. The summed E-state index contributed by atoms with van der Waals surface area (Å²) in [6, 6.07) is 0.338. The Morgan fingerprint density at radius 1 is 1.17 bits per heavy atom. The molecule has 0 radical (unpaired) electrons. The van der Waals surface area contributed by atoms with Crippen molar-refractivity contribution in [1.82, 2.24) is 5.32 Å². The van der Waals surface area contributed by atoms with E-state index in [1.807, 2.05) is 0 Å². The quantitative estimate of drug-likeness (QED) is 0.738. The molecule has 2 N–H and O–H groups in total. The highest BCUT2D eigenvalue weighted by atomic mass is 16.3. The zero-order chi connectivity index (χ0) is 13.2. The molecule has 1 saturated carbocycles. The Kier molecular flexibility index (Phi) is 4.38. The lowest BCUT2D eigenvalue weighted by atomic mass is 9.77. The average Bonchev–Trinajstić information content (AvgIpc) is 2.50. The van der Waals surface area contributed by atoms with Gasteiger partial charge in [-0.05, 0) is 56.4 Å². The predicted molar refractivity (Wildman–Crippen MR) is 76.6 cm³/mol. The van der Waals surface area contributed by atoms with Gasteiger partial charge in [0.1, 0.15) is 0 Å². The Labute approximate surface area is 113 Å². The first-order chi connectivity index (χ1) is 8.45. The SMILES string of the molecule is CCC1CCNC(C2(O)CCCC(C)(C)CC2)C1. The molecular weight excluding hydrogens is 222 g/mol. The molecular formula is C16H31NO. The van der Waals surface area contributed by atoms with Crippen molar-refractivity contribution < 1.29 is 5.11 Å². The molecule has 2 aliphatic rings. The monoisotopic (exact) mass is 253 g/mol. The topological polar surface area (TPSA) is 32.3 Å². The Morgan fingerprint density at radius 3 is 2.67 bits per heavy atom. The molecule has 106 valence electrons. The molecule has 2 fully saturated rings. The van der Waals surface area contributed by atoms with Gasteiger partial charge in [0, 0.05) is 6.04 Å². The Morgan fingerprint density at radius 2 is 1.94 bits per heavy atom. The number of piperidine rings is 1. The fraction of sp³-hybridized carbons (Fsp3) is 1.00. The van der Waals surface area contributed by atoms with Crippen molar-refractivity contribution in [1.29, 1.82) is 0 Å². The third kappa shape index (κ3) is 3.27. The minimum absolute atomic E-state index is 0.338. The van der Waals surface area contributed by atoms with Gasteiger partial charge in [0.05, 0.1) is 5.60 Å². The summed E-state index contributed by atoms with van der Waals surface area (Å²) in [6.45, 7) is 8.08. The van der Waals surface area contributed by atoms with Crippen LogP contribution in [0.4, 0.5) is 0 Å². The lowest BCUT2D eigenvalue weighted by Crippen LogP contribution is -2.54. The van der Waals surface area contributed by atoms with Gasteiger partial charge in [-0.15, -0.1) is 0 Å². The molecule has 0 spiro atoms. The smallest absolute Gasteiger partial charge is 0.0800 e. The van der Waals surface area contributed by atoms with E-state index in [0.717, 1.165) is 25.3 Å². The zero-order valence-corrected chi connectivity index (χ0v) is 12.5. The van der Waals surface area contributed by atoms with Crippen molar-refractivity contribution in [3.8, 4) is 0 Å². The highest BCUT2D eigenvalue weighted by Crippen LogP contribution is 2.41. The molecule has 1 aliphatic heterocycles. The summed E-state index contributed by atoms with van der Waals surface area (Å²) in [5.74, 6) is 0.816. The van der Waals surface area contributed by atoms with Crippen LogP contribution in [0, 0.1) is 11.3 Å². The van der Waals surface area contributed by atoms with Gasteiger partial charge in [0.2, 0.25) is 0 Å². The number of hydrogen-bond acceptors (Lipinski definition) is 2. The molecule has 1 heterocycles. The summed E-state index contributed by atoms with van der Waals surface area (Å²) in [5.41, 5.74) is -0.0229. The van der Waals surface area contributed by atoms with Crippen LogP contribution in [0.5, 0.6) is 0 Å². The molecule has 18 heavy (non-hydrogen) atoms. The van der Waals surface area contributed by atoms with E-state index in [2.05, 4.69) is 26.1 Å². The lowest BCUT2D eigenvalue weighted by Gasteiger charge is -2.41. The van der Waals surface area contributed by atoms with E-state index in [-0.39, 0.29) is 0 Å². The van der Waals surface area contributed by atoms with Crippen LogP contribution in [0.25, 0.3) is 0 Å². The van der Waals surface area contributed by atoms with Crippen LogP contribution in [0.1, 0.15) is 72.1 Å². The Balaban J connectivity index is 2.01.